The molecule has 1 N–H and O–H groups in total. The molecule has 10 heteroatoms. The third kappa shape index (κ3) is 4.13. The third-order valence-electron chi connectivity index (χ3n) is 4.37. The number of hydrogen-bond acceptors (Lipinski definition) is 6. The van der Waals surface area contributed by atoms with Crippen LogP contribution in [-0.4, -0.2) is 49.0 Å². The smallest absolute Gasteiger partial charge is 0.389 e. The molecule has 1 saturated heterocycles. The molecule has 1 aromatic rings. The van der Waals surface area contributed by atoms with Gasteiger partial charge in [0.15, 0.2) is 11.5 Å². The zero-order valence-electron chi connectivity index (χ0n) is 13.3. The molecule has 0 saturated carbocycles. The van der Waals surface area contributed by atoms with Crippen molar-refractivity contribution in [2.75, 3.05) is 33.0 Å². The molecular formula is C15H18F3N3O4. The highest BCUT2D eigenvalue weighted by atomic mass is 19.4. The maximum Gasteiger partial charge on any atom is 0.389 e. The van der Waals surface area contributed by atoms with Gasteiger partial charge in [0.1, 0.15) is 0 Å². The summed E-state index contributed by atoms with van der Waals surface area (Å²) in [6.45, 7) is 2.24. The van der Waals surface area contributed by atoms with Crippen LogP contribution >= 0.6 is 0 Å². The van der Waals surface area contributed by atoms with Crippen LogP contribution < -0.4 is 14.8 Å². The first-order chi connectivity index (χ1) is 11.8. The van der Waals surface area contributed by atoms with Crippen molar-refractivity contribution in [3.8, 4) is 11.5 Å². The van der Waals surface area contributed by atoms with E-state index in [0.29, 0.717) is 31.9 Å². The van der Waals surface area contributed by atoms with Gasteiger partial charge in [-0.25, -0.2) is 0 Å². The predicted molar refractivity (Wildman–Crippen MR) is 81.7 cm³/mol. The van der Waals surface area contributed by atoms with E-state index >= 15 is 0 Å². The van der Waals surface area contributed by atoms with E-state index in [0.717, 1.165) is 0 Å². The molecule has 2 aliphatic rings. The molecule has 0 radical (unpaired) electrons. The number of fused-ring (bicyclic) bond motifs is 1. The fourth-order valence-corrected chi connectivity index (χ4v) is 3.20. The van der Waals surface area contributed by atoms with E-state index in [1.54, 1.807) is 0 Å². The molecule has 0 aromatic heterocycles. The lowest BCUT2D eigenvalue weighted by atomic mass is 9.97. The molecule has 0 amide bonds. The summed E-state index contributed by atoms with van der Waals surface area (Å²) in [4.78, 5) is 12.7. The molecule has 2 heterocycles. The van der Waals surface area contributed by atoms with Gasteiger partial charge in [-0.2, -0.15) is 13.2 Å². The highest BCUT2D eigenvalue weighted by Crippen LogP contribution is 2.43. The van der Waals surface area contributed by atoms with E-state index in [4.69, 9.17) is 9.47 Å². The highest BCUT2D eigenvalue weighted by molar-refractivity contribution is 5.56. The fourth-order valence-electron chi connectivity index (χ4n) is 3.20. The Hall–Kier alpha value is -2.07. The Morgan fingerprint density at radius 2 is 1.88 bits per heavy atom. The van der Waals surface area contributed by atoms with Gasteiger partial charge in [-0.3, -0.25) is 15.0 Å². The lowest BCUT2D eigenvalue weighted by molar-refractivity contribution is -0.386. The largest absolute Gasteiger partial charge is 0.454 e. The average molecular weight is 361 g/mol. The molecule has 0 unspecified atom stereocenters. The van der Waals surface area contributed by atoms with E-state index in [-0.39, 0.29) is 30.2 Å². The number of nitro groups is 1. The Kier molecular flexibility index (Phi) is 5.00. The maximum absolute atomic E-state index is 12.8. The number of piperazine rings is 1. The minimum atomic E-state index is -4.32. The van der Waals surface area contributed by atoms with Gasteiger partial charge in [0.2, 0.25) is 6.79 Å². The summed E-state index contributed by atoms with van der Waals surface area (Å²) in [7, 11) is 0. The summed E-state index contributed by atoms with van der Waals surface area (Å²) < 4.78 is 48.7. The fraction of sp³-hybridized carbons (Fsp3) is 0.600. The van der Waals surface area contributed by atoms with Crippen LogP contribution in [-0.2, 0) is 0 Å². The zero-order valence-corrected chi connectivity index (χ0v) is 13.3. The lowest BCUT2D eigenvalue weighted by Gasteiger charge is -2.35. The number of rotatable bonds is 5. The van der Waals surface area contributed by atoms with Crippen molar-refractivity contribution in [3.05, 3.63) is 27.8 Å². The van der Waals surface area contributed by atoms with Gasteiger partial charge in [0, 0.05) is 38.6 Å². The Balaban J connectivity index is 1.97. The summed E-state index contributed by atoms with van der Waals surface area (Å²) in [5, 5.41) is 14.6. The number of benzene rings is 1. The van der Waals surface area contributed by atoms with Gasteiger partial charge in [0.05, 0.1) is 16.6 Å². The molecule has 1 aromatic carbocycles. The van der Waals surface area contributed by atoms with Crippen LogP contribution in [0.4, 0.5) is 18.9 Å². The quantitative estimate of drug-likeness (QED) is 0.642. The summed E-state index contributed by atoms with van der Waals surface area (Å²) in [5.41, 5.74) is -0.00430. The minimum absolute atomic E-state index is 0.0587. The summed E-state index contributed by atoms with van der Waals surface area (Å²) in [6, 6.07) is 1.97. The van der Waals surface area contributed by atoms with E-state index in [9.17, 15) is 23.3 Å². The SMILES string of the molecule is O=[N+]([O-])c1cc2c(cc1[C@H](CCC(F)(F)F)N1CCNCC1)OCO2. The molecule has 0 aliphatic carbocycles. The molecule has 2 aliphatic heterocycles. The van der Waals surface area contributed by atoms with E-state index in [1.165, 1.54) is 12.1 Å². The highest BCUT2D eigenvalue weighted by Gasteiger charge is 2.35. The van der Waals surface area contributed by atoms with Crippen molar-refractivity contribution in [2.24, 2.45) is 0 Å². The van der Waals surface area contributed by atoms with Gasteiger partial charge in [-0.05, 0) is 12.5 Å². The zero-order chi connectivity index (χ0) is 18.0. The second-order valence-corrected chi connectivity index (χ2v) is 5.98. The van der Waals surface area contributed by atoms with Crippen LogP contribution in [0.25, 0.3) is 0 Å². The number of nitrogens with one attached hydrogen (secondary N) is 1. The summed E-state index contributed by atoms with van der Waals surface area (Å²) >= 11 is 0. The van der Waals surface area contributed by atoms with Crippen LogP contribution in [0.2, 0.25) is 0 Å². The van der Waals surface area contributed by atoms with Crippen molar-refractivity contribution >= 4 is 5.69 Å². The Morgan fingerprint density at radius 3 is 2.48 bits per heavy atom. The van der Waals surface area contributed by atoms with Gasteiger partial charge in [0.25, 0.3) is 5.69 Å². The Bertz CT molecular complexity index is 648. The molecule has 7 nitrogen and oxygen atoms in total. The lowest BCUT2D eigenvalue weighted by Crippen LogP contribution is -2.45. The molecular weight excluding hydrogens is 343 g/mol. The second-order valence-electron chi connectivity index (χ2n) is 5.98. The predicted octanol–water partition coefficient (Wildman–Crippen LogP) is 2.61. The number of hydrogen-bond donors (Lipinski definition) is 1. The van der Waals surface area contributed by atoms with Crippen molar-refractivity contribution in [3.63, 3.8) is 0 Å². The number of alkyl halides is 3. The molecule has 1 fully saturated rings. The van der Waals surface area contributed by atoms with Crippen molar-refractivity contribution in [1.29, 1.82) is 0 Å². The number of halogens is 3. The molecule has 138 valence electrons. The Labute approximate surface area is 141 Å². The van der Waals surface area contributed by atoms with Gasteiger partial charge < -0.3 is 14.8 Å². The van der Waals surface area contributed by atoms with Crippen LogP contribution in [0.15, 0.2) is 12.1 Å². The van der Waals surface area contributed by atoms with Crippen LogP contribution in [0, 0.1) is 10.1 Å². The first kappa shape index (κ1) is 17.7. The topological polar surface area (TPSA) is 76.9 Å². The standard InChI is InChI=1S/C15H18F3N3O4/c16-15(17,18)2-1-11(20-5-3-19-4-6-20)10-7-13-14(25-9-24-13)8-12(10)21(22)23/h7-8,11,19H,1-6,9H2/t11-/m0/s1. The van der Waals surface area contributed by atoms with Crippen molar-refractivity contribution in [1.82, 2.24) is 10.2 Å². The van der Waals surface area contributed by atoms with Crippen LogP contribution in [0.3, 0.4) is 0 Å². The molecule has 1 atom stereocenters. The molecule has 25 heavy (non-hydrogen) atoms. The first-order valence-corrected chi connectivity index (χ1v) is 7.94. The maximum atomic E-state index is 12.8. The van der Waals surface area contributed by atoms with Crippen LogP contribution in [0.1, 0.15) is 24.4 Å². The Morgan fingerprint density at radius 1 is 1.24 bits per heavy atom. The van der Waals surface area contributed by atoms with E-state index < -0.39 is 23.6 Å². The minimum Gasteiger partial charge on any atom is -0.454 e. The monoisotopic (exact) mass is 361 g/mol. The van der Waals surface area contributed by atoms with Crippen molar-refractivity contribution < 1.29 is 27.6 Å². The van der Waals surface area contributed by atoms with Crippen LogP contribution in [0.5, 0.6) is 11.5 Å². The third-order valence-corrected chi connectivity index (χ3v) is 4.37. The van der Waals surface area contributed by atoms with E-state index in [1.807, 2.05) is 4.90 Å². The number of nitro benzene ring substituents is 1. The van der Waals surface area contributed by atoms with Gasteiger partial charge in [-0.15, -0.1) is 0 Å². The summed E-state index contributed by atoms with van der Waals surface area (Å²) in [6.07, 6.45) is -5.57. The average Bonchev–Trinajstić information content (AvgIpc) is 3.01. The van der Waals surface area contributed by atoms with E-state index in [2.05, 4.69) is 5.32 Å². The molecule has 3 rings (SSSR count). The molecule has 0 spiro atoms. The number of nitrogens with zero attached hydrogens (tertiary/aromatic N) is 2. The second kappa shape index (κ2) is 7.04. The first-order valence-electron chi connectivity index (χ1n) is 7.94. The normalized spacial score (nSPS) is 19.0. The number of ether oxygens (including phenoxy) is 2. The molecule has 0 bridgehead atoms. The van der Waals surface area contributed by atoms with Gasteiger partial charge >= 0.3 is 6.18 Å². The van der Waals surface area contributed by atoms with Crippen molar-refractivity contribution in [2.45, 2.75) is 25.1 Å². The summed E-state index contributed by atoms with van der Waals surface area (Å²) in [5.74, 6) is 0.568. The van der Waals surface area contributed by atoms with Gasteiger partial charge in [-0.1, -0.05) is 0 Å².